The van der Waals surface area contributed by atoms with E-state index in [1.807, 2.05) is 5.09 Å². The van der Waals surface area contributed by atoms with Crippen LogP contribution in [0.15, 0.2) is 18.7 Å². The minimum Gasteiger partial charge on any atom is -0.480 e. The molecule has 2 aromatic heterocycles. The van der Waals surface area contributed by atoms with E-state index in [4.69, 9.17) is 21.2 Å². The number of imidazole rings is 1. The van der Waals surface area contributed by atoms with Crippen LogP contribution in [0.25, 0.3) is 17.4 Å². The molecule has 0 bridgehead atoms. The van der Waals surface area contributed by atoms with Crippen LogP contribution in [0.1, 0.15) is 6.92 Å². The van der Waals surface area contributed by atoms with Crippen LogP contribution < -0.4 is 5.09 Å². The third-order valence-corrected chi connectivity index (χ3v) is 4.14. The van der Waals surface area contributed by atoms with Crippen LogP contribution in [0.3, 0.4) is 0 Å². The van der Waals surface area contributed by atoms with Crippen LogP contribution in [0.4, 0.5) is 0 Å². The number of nitrogens with one attached hydrogen (secondary N) is 1. The van der Waals surface area contributed by atoms with Gasteiger partial charge in [0.15, 0.2) is 10.8 Å². The highest BCUT2D eigenvalue weighted by molar-refractivity contribution is 7.50. The van der Waals surface area contributed by atoms with Crippen molar-refractivity contribution in [3.05, 3.63) is 23.9 Å². The fraction of sp³-hybridized carbons (Fsp3) is 0.273. The maximum atomic E-state index is 11.6. The number of fused-ring (bicyclic) bond motifs is 1. The predicted molar refractivity (Wildman–Crippen MR) is 81.7 cm³/mol. The van der Waals surface area contributed by atoms with E-state index in [1.54, 1.807) is 0 Å². The van der Waals surface area contributed by atoms with E-state index >= 15 is 0 Å². The Morgan fingerprint density at radius 2 is 2.30 bits per heavy atom. The zero-order valence-electron chi connectivity index (χ0n) is 11.8. The summed E-state index contributed by atoms with van der Waals surface area (Å²) in [6.45, 7) is 0.997. The molecule has 12 heteroatoms. The SMILES string of the molecule is CC(NP(=O)(O)OC/C=C\n1cnc2c(Cl)ncnc21)C(=O)O. The van der Waals surface area contributed by atoms with Crippen LogP contribution in [0, 0.1) is 0 Å². The molecule has 0 amide bonds. The zero-order chi connectivity index (χ0) is 17.0. The first kappa shape index (κ1) is 17.5. The fourth-order valence-electron chi connectivity index (χ4n) is 1.57. The molecule has 0 saturated carbocycles. The number of aliphatic carboxylic acids is 1. The van der Waals surface area contributed by atoms with Gasteiger partial charge in [-0.05, 0) is 13.0 Å². The van der Waals surface area contributed by atoms with Gasteiger partial charge in [-0.25, -0.2) is 24.6 Å². The lowest BCUT2D eigenvalue weighted by molar-refractivity contribution is -0.138. The molecule has 2 aromatic rings. The summed E-state index contributed by atoms with van der Waals surface area (Å²) in [6, 6.07) is -1.22. The number of halogens is 1. The molecule has 0 saturated heterocycles. The topological polar surface area (TPSA) is 139 Å². The van der Waals surface area contributed by atoms with E-state index < -0.39 is 19.8 Å². The Labute approximate surface area is 135 Å². The van der Waals surface area contributed by atoms with Crippen molar-refractivity contribution < 1.29 is 23.9 Å². The van der Waals surface area contributed by atoms with Crippen LogP contribution in [0.2, 0.25) is 5.15 Å². The van der Waals surface area contributed by atoms with E-state index in [-0.39, 0.29) is 11.8 Å². The molecule has 2 unspecified atom stereocenters. The van der Waals surface area contributed by atoms with Crippen LogP contribution in [-0.2, 0) is 13.9 Å². The van der Waals surface area contributed by atoms with E-state index in [9.17, 15) is 14.3 Å². The van der Waals surface area contributed by atoms with Crippen molar-refractivity contribution in [2.45, 2.75) is 13.0 Å². The number of hydrogen-bond donors (Lipinski definition) is 3. The summed E-state index contributed by atoms with van der Waals surface area (Å²) in [5.41, 5.74) is 0.885. The molecule has 0 aromatic carbocycles. The summed E-state index contributed by atoms with van der Waals surface area (Å²) in [5.74, 6) is -1.26. The van der Waals surface area contributed by atoms with Crippen molar-refractivity contribution in [1.82, 2.24) is 24.6 Å². The quantitative estimate of drug-likeness (QED) is 0.489. The maximum Gasteiger partial charge on any atom is 0.403 e. The highest BCUT2D eigenvalue weighted by Gasteiger charge is 2.25. The third-order valence-electron chi connectivity index (χ3n) is 2.65. The molecule has 0 aliphatic carbocycles. The summed E-state index contributed by atoms with van der Waals surface area (Å²) < 4.78 is 17.9. The highest BCUT2D eigenvalue weighted by Crippen LogP contribution is 2.37. The van der Waals surface area contributed by atoms with Crippen molar-refractivity contribution in [2.75, 3.05) is 6.61 Å². The Bertz CT molecular complexity index is 794. The van der Waals surface area contributed by atoms with Gasteiger partial charge in [-0.2, -0.15) is 0 Å². The number of hydrogen-bond acceptors (Lipinski definition) is 6. The van der Waals surface area contributed by atoms with Crippen molar-refractivity contribution in [3.8, 4) is 0 Å². The number of aromatic nitrogens is 4. The fourth-order valence-corrected chi connectivity index (χ4v) is 2.71. The summed E-state index contributed by atoms with van der Waals surface area (Å²) in [6.07, 6.45) is 5.68. The van der Waals surface area contributed by atoms with Crippen LogP contribution >= 0.6 is 19.3 Å². The lowest BCUT2D eigenvalue weighted by atomic mass is 10.4. The van der Waals surface area contributed by atoms with Crippen LogP contribution in [-0.4, -0.2) is 48.1 Å². The molecule has 2 heterocycles. The van der Waals surface area contributed by atoms with Gasteiger partial charge in [0.2, 0.25) is 0 Å². The lowest BCUT2D eigenvalue weighted by Crippen LogP contribution is -2.31. The molecule has 23 heavy (non-hydrogen) atoms. The van der Waals surface area contributed by atoms with Crippen molar-refractivity contribution >= 4 is 42.7 Å². The summed E-state index contributed by atoms with van der Waals surface area (Å²) in [4.78, 5) is 31.9. The average Bonchev–Trinajstić information content (AvgIpc) is 2.88. The summed E-state index contributed by atoms with van der Waals surface area (Å²) in [5, 5.41) is 10.9. The first-order valence-corrected chi connectivity index (χ1v) is 8.23. The minimum absolute atomic E-state index is 0.213. The van der Waals surface area contributed by atoms with Gasteiger partial charge in [0, 0.05) is 6.20 Å². The molecule has 0 spiro atoms. The van der Waals surface area contributed by atoms with Gasteiger partial charge in [0.1, 0.15) is 24.2 Å². The van der Waals surface area contributed by atoms with Gasteiger partial charge in [-0.1, -0.05) is 11.6 Å². The molecule has 0 aliphatic rings. The molecule has 2 atom stereocenters. The summed E-state index contributed by atoms with van der Waals surface area (Å²) >= 11 is 5.86. The Hall–Kier alpha value is -1.84. The van der Waals surface area contributed by atoms with Gasteiger partial charge in [0.05, 0.1) is 6.61 Å². The van der Waals surface area contributed by atoms with E-state index in [1.165, 1.54) is 36.4 Å². The molecule has 0 aliphatic heterocycles. The Balaban J connectivity index is 1.97. The summed E-state index contributed by atoms with van der Waals surface area (Å²) in [7, 11) is -4.22. The zero-order valence-corrected chi connectivity index (χ0v) is 13.5. The van der Waals surface area contributed by atoms with Crippen molar-refractivity contribution in [1.29, 1.82) is 0 Å². The number of nitrogens with zero attached hydrogens (tertiary/aromatic N) is 4. The number of carboxylic acid groups (broad SMARTS) is 1. The second-order valence-electron chi connectivity index (χ2n) is 4.38. The van der Waals surface area contributed by atoms with E-state index in [0.29, 0.717) is 11.2 Å². The van der Waals surface area contributed by atoms with E-state index in [2.05, 4.69) is 15.0 Å². The predicted octanol–water partition coefficient (Wildman–Crippen LogP) is 1.13. The van der Waals surface area contributed by atoms with E-state index in [0.717, 1.165) is 0 Å². The standard InChI is InChI=1S/C11H13ClN5O5P/c1-7(11(18)19)16-23(20,21)22-4-2-3-17-6-15-8-9(12)13-5-14-10(8)17/h2-3,5-7H,4H2,1H3,(H,18,19)(H2,16,20,21)/b3-2-. The molecule has 2 rings (SSSR count). The number of rotatable bonds is 7. The maximum absolute atomic E-state index is 11.6. The largest absolute Gasteiger partial charge is 0.480 e. The Morgan fingerprint density at radius 1 is 1.57 bits per heavy atom. The smallest absolute Gasteiger partial charge is 0.403 e. The Morgan fingerprint density at radius 3 is 3.00 bits per heavy atom. The second kappa shape index (κ2) is 7.16. The molecule has 0 radical (unpaired) electrons. The van der Waals surface area contributed by atoms with Crippen molar-refractivity contribution in [2.24, 2.45) is 0 Å². The monoisotopic (exact) mass is 361 g/mol. The minimum atomic E-state index is -4.22. The first-order valence-electron chi connectivity index (χ1n) is 6.28. The molecule has 3 N–H and O–H groups in total. The molecule has 124 valence electrons. The number of carbonyl (C=O) groups is 1. The number of carboxylic acids is 1. The second-order valence-corrected chi connectivity index (χ2v) is 6.29. The van der Waals surface area contributed by atoms with Gasteiger partial charge in [-0.3, -0.25) is 13.9 Å². The highest BCUT2D eigenvalue weighted by atomic mass is 35.5. The third kappa shape index (κ3) is 4.57. The normalized spacial score (nSPS) is 15.8. The molecular weight excluding hydrogens is 349 g/mol. The molecular formula is C11H13ClN5O5P. The average molecular weight is 362 g/mol. The van der Waals surface area contributed by atoms with Gasteiger partial charge in [0.25, 0.3) is 0 Å². The molecule has 0 fully saturated rings. The Kier molecular flexibility index (Phi) is 5.45. The first-order chi connectivity index (χ1) is 10.8. The van der Waals surface area contributed by atoms with Gasteiger partial charge < -0.3 is 10.00 Å². The van der Waals surface area contributed by atoms with Crippen molar-refractivity contribution in [3.63, 3.8) is 0 Å². The van der Waals surface area contributed by atoms with Gasteiger partial charge >= 0.3 is 13.7 Å². The molecule has 10 nitrogen and oxygen atoms in total. The van der Waals surface area contributed by atoms with Gasteiger partial charge in [-0.15, -0.1) is 0 Å². The van der Waals surface area contributed by atoms with Crippen LogP contribution in [0.5, 0.6) is 0 Å². The lowest BCUT2D eigenvalue weighted by Gasteiger charge is -2.14.